The lowest BCUT2D eigenvalue weighted by Gasteiger charge is -2.14. The Morgan fingerprint density at radius 2 is 2.05 bits per heavy atom. The Morgan fingerprint density at radius 1 is 1.33 bits per heavy atom. The normalized spacial score (nSPS) is 13.4. The highest BCUT2D eigenvalue weighted by molar-refractivity contribution is 5.30. The number of aryl methyl sites for hydroxylation is 1. The number of benzene rings is 1. The predicted molar refractivity (Wildman–Crippen MR) is 69.9 cm³/mol. The van der Waals surface area contributed by atoms with Crippen LogP contribution in [0.1, 0.15) is 29.7 Å². The fourth-order valence-electron chi connectivity index (χ4n) is 2.05. The Morgan fingerprint density at radius 3 is 2.62 bits per heavy atom. The summed E-state index contributed by atoms with van der Waals surface area (Å²) in [5, 5.41) is 4.07. The van der Waals surface area contributed by atoms with Crippen LogP contribution in [-0.4, -0.2) is 9.78 Å². The van der Waals surface area contributed by atoms with Crippen LogP contribution in [-0.2, 0) is 19.1 Å². The zero-order valence-corrected chi connectivity index (χ0v) is 11.4. The first-order chi connectivity index (χ1) is 9.81. The number of rotatable bonds is 4. The van der Waals surface area contributed by atoms with Gasteiger partial charge in [-0.25, -0.2) is 4.39 Å². The van der Waals surface area contributed by atoms with Crippen LogP contribution in [0, 0.1) is 5.82 Å². The molecule has 0 aliphatic carbocycles. The van der Waals surface area contributed by atoms with Crippen LogP contribution in [0.15, 0.2) is 30.6 Å². The van der Waals surface area contributed by atoms with Gasteiger partial charge in [0.2, 0.25) is 0 Å². The molecule has 2 N–H and O–H groups in total. The standard InChI is InChI=1S/C14H15F4N3/c1-2-21-8-9(7-20-21)5-13(19)10-3-4-12(15)11(6-10)14(16,17)18/h3-4,6-8,13H,2,5,19H2,1H3. The van der Waals surface area contributed by atoms with Crippen molar-refractivity contribution in [3.8, 4) is 0 Å². The predicted octanol–water partition coefficient (Wildman–Crippen LogP) is 3.30. The number of nitrogens with two attached hydrogens (primary N) is 1. The van der Waals surface area contributed by atoms with Gasteiger partial charge in [0.25, 0.3) is 0 Å². The van der Waals surface area contributed by atoms with Gasteiger partial charge in [-0.2, -0.15) is 18.3 Å². The summed E-state index contributed by atoms with van der Waals surface area (Å²) >= 11 is 0. The van der Waals surface area contributed by atoms with E-state index in [2.05, 4.69) is 5.10 Å². The molecule has 0 radical (unpaired) electrons. The molecule has 21 heavy (non-hydrogen) atoms. The average Bonchev–Trinajstić information content (AvgIpc) is 2.85. The zero-order valence-electron chi connectivity index (χ0n) is 11.4. The highest BCUT2D eigenvalue weighted by Gasteiger charge is 2.34. The van der Waals surface area contributed by atoms with Gasteiger partial charge in [0.15, 0.2) is 0 Å². The second-order valence-corrected chi connectivity index (χ2v) is 4.75. The van der Waals surface area contributed by atoms with Gasteiger partial charge >= 0.3 is 6.18 Å². The second kappa shape index (κ2) is 5.85. The minimum atomic E-state index is -4.73. The van der Waals surface area contributed by atoms with Gasteiger partial charge in [-0.05, 0) is 36.6 Å². The first-order valence-corrected chi connectivity index (χ1v) is 6.44. The van der Waals surface area contributed by atoms with Gasteiger partial charge in [0.1, 0.15) is 5.82 Å². The van der Waals surface area contributed by atoms with Crippen molar-refractivity contribution in [2.24, 2.45) is 5.73 Å². The molecule has 0 fully saturated rings. The smallest absolute Gasteiger partial charge is 0.324 e. The molecule has 2 aromatic rings. The number of alkyl halides is 3. The fourth-order valence-corrected chi connectivity index (χ4v) is 2.05. The maximum atomic E-state index is 13.2. The van der Waals surface area contributed by atoms with E-state index in [9.17, 15) is 17.6 Å². The second-order valence-electron chi connectivity index (χ2n) is 4.75. The van der Waals surface area contributed by atoms with E-state index in [1.165, 1.54) is 6.07 Å². The molecule has 0 bridgehead atoms. The van der Waals surface area contributed by atoms with E-state index in [1.54, 1.807) is 17.1 Å². The molecule has 0 spiro atoms. The summed E-state index contributed by atoms with van der Waals surface area (Å²) in [5.41, 5.74) is 5.69. The number of aromatic nitrogens is 2. The molecule has 3 nitrogen and oxygen atoms in total. The number of hydrogen-bond acceptors (Lipinski definition) is 2. The molecule has 0 saturated heterocycles. The van der Waals surface area contributed by atoms with Gasteiger partial charge in [0, 0.05) is 18.8 Å². The Labute approximate surface area is 119 Å². The SMILES string of the molecule is CCn1cc(CC(N)c2ccc(F)c(C(F)(F)F)c2)cn1. The monoisotopic (exact) mass is 301 g/mol. The van der Waals surface area contributed by atoms with E-state index >= 15 is 0 Å². The quantitative estimate of drug-likeness (QED) is 0.881. The maximum Gasteiger partial charge on any atom is 0.419 e. The number of halogens is 4. The summed E-state index contributed by atoms with van der Waals surface area (Å²) in [6.07, 6.45) is -0.985. The number of nitrogens with zero attached hydrogens (tertiary/aromatic N) is 2. The summed E-state index contributed by atoms with van der Waals surface area (Å²) in [5.74, 6) is -1.29. The molecular weight excluding hydrogens is 286 g/mol. The molecule has 114 valence electrons. The first-order valence-electron chi connectivity index (χ1n) is 6.44. The summed E-state index contributed by atoms with van der Waals surface area (Å²) < 4.78 is 53.0. The van der Waals surface area contributed by atoms with Gasteiger partial charge in [-0.3, -0.25) is 4.68 Å². The van der Waals surface area contributed by atoms with Crippen LogP contribution in [0.3, 0.4) is 0 Å². The van der Waals surface area contributed by atoms with E-state index < -0.39 is 23.6 Å². The van der Waals surface area contributed by atoms with Crippen molar-refractivity contribution in [3.05, 3.63) is 53.1 Å². The highest BCUT2D eigenvalue weighted by atomic mass is 19.4. The van der Waals surface area contributed by atoms with Crippen LogP contribution in [0.25, 0.3) is 0 Å². The van der Waals surface area contributed by atoms with Crippen molar-refractivity contribution in [3.63, 3.8) is 0 Å². The molecule has 0 aliphatic heterocycles. The number of hydrogen-bond donors (Lipinski definition) is 1. The molecule has 0 aliphatic rings. The van der Waals surface area contributed by atoms with Gasteiger partial charge in [0.05, 0.1) is 11.8 Å². The Bertz CT molecular complexity index is 619. The summed E-state index contributed by atoms with van der Waals surface area (Å²) in [7, 11) is 0. The van der Waals surface area contributed by atoms with Crippen LogP contribution < -0.4 is 5.73 Å². The molecular formula is C14H15F4N3. The molecule has 1 aromatic heterocycles. The fraction of sp³-hybridized carbons (Fsp3) is 0.357. The topological polar surface area (TPSA) is 43.8 Å². The first kappa shape index (κ1) is 15.5. The van der Waals surface area contributed by atoms with Crippen molar-refractivity contribution in [1.29, 1.82) is 0 Å². The van der Waals surface area contributed by atoms with E-state index in [1.807, 2.05) is 6.92 Å². The van der Waals surface area contributed by atoms with E-state index in [0.717, 1.165) is 17.7 Å². The van der Waals surface area contributed by atoms with Gasteiger partial charge in [-0.15, -0.1) is 0 Å². The van der Waals surface area contributed by atoms with Crippen molar-refractivity contribution < 1.29 is 17.6 Å². The maximum absolute atomic E-state index is 13.2. The Kier molecular flexibility index (Phi) is 4.32. The molecule has 1 heterocycles. The van der Waals surface area contributed by atoms with Gasteiger partial charge < -0.3 is 5.73 Å². The van der Waals surface area contributed by atoms with Crippen LogP contribution in [0.4, 0.5) is 17.6 Å². The molecule has 0 saturated carbocycles. The van der Waals surface area contributed by atoms with Crippen molar-refractivity contribution >= 4 is 0 Å². The molecule has 1 unspecified atom stereocenters. The largest absolute Gasteiger partial charge is 0.419 e. The molecule has 0 amide bonds. The van der Waals surface area contributed by atoms with E-state index in [0.29, 0.717) is 13.0 Å². The Balaban J connectivity index is 2.21. The molecule has 1 atom stereocenters. The third-order valence-corrected chi connectivity index (χ3v) is 3.19. The van der Waals surface area contributed by atoms with Gasteiger partial charge in [-0.1, -0.05) is 6.07 Å². The minimum Gasteiger partial charge on any atom is -0.324 e. The van der Waals surface area contributed by atoms with Crippen molar-refractivity contribution in [1.82, 2.24) is 9.78 Å². The lowest BCUT2D eigenvalue weighted by Crippen LogP contribution is -2.16. The van der Waals surface area contributed by atoms with Crippen molar-refractivity contribution in [2.75, 3.05) is 0 Å². The summed E-state index contributed by atoms with van der Waals surface area (Å²) in [6.45, 7) is 2.62. The zero-order chi connectivity index (χ0) is 15.6. The third-order valence-electron chi connectivity index (χ3n) is 3.19. The molecule has 2 rings (SSSR count). The molecule has 7 heteroatoms. The summed E-state index contributed by atoms with van der Waals surface area (Å²) in [4.78, 5) is 0. The van der Waals surface area contributed by atoms with Crippen molar-refractivity contribution in [2.45, 2.75) is 32.1 Å². The van der Waals surface area contributed by atoms with Crippen LogP contribution >= 0.6 is 0 Å². The van der Waals surface area contributed by atoms with Crippen LogP contribution in [0.5, 0.6) is 0 Å². The minimum absolute atomic E-state index is 0.243. The lowest BCUT2D eigenvalue weighted by atomic mass is 9.99. The van der Waals surface area contributed by atoms with E-state index in [-0.39, 0.29) is 5.56 Å². The van der Waals surface area contributed by atoms with Crippen LogP contribution in [0.2, 0.25) is 0 Å². The lowest BCUT2D eigenvalue weighted by molar-refractivity contribution is -0.140. The molecule has 1 aromatic carbocycles. The Hall–Kier alpha value is -1.89. The average molecular weight is 301 g/mol. The third kappa shape index (κ3) is 3.60. The van der Waals surface area contributed by atoms with E-state index in [4.69, 9.17) is 5.73 Å². The highest BCUT2D eigenvalue weighted by Crippen LogP contribution is 2.33. The summed E-state index contributed by atoms with van der Waals surface area (Å²) in [6, 6.07) is 2.19.